The molecule has 1 aliphatic carbocycles. The molecule has 1 saturated heterocycles. The number of carbonyl (C=O) groups excluding carboxylic acids is 1. The van der Waals surface area contributed by atoms with E-state index in [1.807, 2.05) is 0 Å². The van der Waals surface area contributed by atoms with E-state index < -0.39 is 27.2 Å². The normalized spacial score (nSPS) is 29.0. The molecule has 2 N–H and O–H groups in total. The Morgan fingerprint density at radius 3 is 2.48 bits per heavy atom. The van der Waals surface area contributed by atoms with Crippen LogP contribution < -0.4 is 5.32 Å². The number of halogens is 1. The number of sulfone groups is 1. The van der Waals surface area contributed by atoms with Crippen molar-refractivity contribution in [3.05, 3.63) is 0 Å². The van der Waals surface area contributed by atoms with Crippen LogP contribution in [0.1, 0.15) is 19.3 Å². The van der Waals surface area contributed by atoms with Gasteiger partial charge >= 0.3 is 5.97 Å². The van der Waals surface area contributed by atoms with E-state index in [-0.39, 0.29) is 35.0 Å². The number of nitrogens with one attached hydrogen (secondary N) is 1. The Bertz CT molecular complexity index is 532. The molecule has 1 saturated carbocycles. The van der Waals surface area contributed by atoms with E-state index in [0.29, 0.717) is 5.75 Å². The van der Waals surface area contributed by atoms with Gasteiger partial charge in [0.15, 0.2) is 9.84 Å². The second-order valence-electron chi connectivity index (χ2n) is 5.83. The van der Waals surface area contributed by atoms with Crippen LogP contribution in [-0.4, -0.2) is 59.8 Å². The first kappa shape index (κ1) is 16.9. The fourth-order valence-electron chi connectivity index (χ4n) is 2.42. The summed E-state index contributed by atoms with van der Waals surface area (Å²) in [6.07, 6.45) is 1.92. The number of hydrogen-bond donors (Lipinski definition) is 2. The van der Waals surface area contributed by atoms with E-state index in [1.165, 1.54) is 11.8 Å². The summed E-state index contributed by atoms with van der Waals surface area (Å²) in [5, 5.41) is 10.9. The summed E-state index contributed by atoms with van der Waals surface area (Å²) < 4.78 is 22.8. The number of thioether (sulfide) groups is 1. The molecule has 2 rings (SSSR count). The number of carboxylic acids is 1. The third-order valence-corrected chi connectivity index (χ3v) is 7.41. The Kier molecular flexibility index (Phi) is 5.10. The van der Waals surface area contributed by atoms with Crippen molar-refractivity contribution in [1.29, 1.82) is 0 Å². The van der Waals surface area contributed by atoms with Crippen LogP contribution >= 0.6 is 23.4 Å². The molecule has 2 unspecified atom stereocenters. The zero-order chi connectivity index (χ0) is 15.7. The number of alkyl halides is 1. The second-order valence-corrected chi connectivity index (χ2v) is 9.53. The van der Waals surface area contributed by atoms with E-state index in [4.69, 9.17) is 16.7 Å². The lowest BCUT2D eigenvalue weighted by atomic mass is 10.1. The van der Waals surface area contributed by atoms with Gasteiger partial charge < -0.3 is 10.4 Å². The first-order valence-electron chi connectivity index (χ1n) is 6.65. The summed E-state index contributed by atoms with van der Waals surface area (Å²) in [6.45, 7) is 0. The molecule has 0 aromatic carbocycles. The van der Waals surface area contributed by atoms with Crippen LogP contribution in [-0.2, 0) is 19.4 Å². The number of rotatable bonds is 7. The van der Waals surface area contributed by atoms with Crippen LogP contribution in [0.4, 0.5) is 0 Å². The van der Waals surface area contributed by atoms with E-state index in [9.17, 15) is 18.0 Å². The minimum atomic E-state index is -3.16. The first-order valence-corrected chi connectivity index (χ1v) is 10.1. The molecule has 1 aliphatic heterocycles. The molecule has 0 aromatic heterocycles. The van der Waals surface area contributed by atoms with Crippen molar-refractivity contribution in [1.82, 2.24) is 5.32 Å². The standard InChI is InChI=1S/C12H18ClNO5S2/c13-8-5-21(18,19)6-9(8)14-10(15)4-20-7-12(1-2-12)3-11(16)17/h8-9H,1-7H2,(H,14,15)(H,16,17). The van der Waals surface area contributed by atoms with Gasteiger partial charge in [0.2, 0.25) is 5.91 Å². The lowest BCUT2D eigenvalue weighted by Gasteiger charge is -2.15. The predicted octanol–water partition coefficient (Wildman–Crippen LogP) is 0.495. The fraction of sp³-hybridized carbons (Fsp3) is 0.833. The van der Waals surface area contributed by atoms with Gasteiger partial charge in [0, 0.05) is 0 Å². The van der Waals surface area contributed by atoms with Gasteiger partial charge in [-0.3, -0.25) is 9.59 Å². The fourth-order valence-corrected chi connectivity index (χ4v) is 6.16. The highest BCUT2D eigenvalue weighted by atomic mass is 35.5. The third-order valence-electron chi connectivity index (χ3n) is 3.75. The van der Waals surface area contributed by atoms with E-state index in [1.54, 1.807) is 0 Å². The van der Waals surface area contributed by atoms with Crippen molar-refractivity contribution >= 4 is 45.1 Å². The lowest BCUT2D eigenvalue weighted by molar-refractivity contribution is -0.138. The molecule has 120 valence electrons. The number of amides is 1. The summed E-state index contributed by atoms with van der Waals surface area (Å²) >= 11 is 7.30. The Balaban J connectivity index is 1.70. The molecule has 2 atom stereocenters. The highest BCUT2D eigenvalue weighted by molar-refractivity contribution is 8.00. The molecule has 1 heterocycles. The molecule has 0 aromatic rings. The van der Waals surface area contributed by atoms with Crippen LogP contribution in [0.15, 0.2) is 0 Å². The van der Waals surface area contributed by atoms with Crippen molar-refractivity contribution in [2.24, 2.45) is 5.41 Å². The molecule has 0 spiro atoms. The van der Waals surface area contributed by atoms with Gasteiger partial charge in [-0.1, -0.05) is 0 Å². The van der Waals surface area contributed by atoms with E-state index in [0.717, 1.165) is 12.8 Å². The lowest BCUT2D eigenvalue weighted by Crippen LogP contribution is -2.41. The molecule has 2 fully saturated rings. The largest absolute Gasteiger partial charge is 0.481 e. The Labute approximate surface area is 132 Å². The quantitative estimate of drug-likeness (QED) is 0.645. The number of hydrogen-bond acceptors (Lipinski definition) is 5. The van der Waals surface area contributed by atoms with Crippen LogP contribution in [0, 0.1) is 5.41 Å². The molecule has 6 nitrogen and oxygen atoms in total. The smallest absolute Gasteiger partial charge is 0.303 e. The van der Waals surface area contributed by atoms with Crippen molar-refractivity contribution < 1.29 is 23.1 Å². The number of carboxylic acid groups (broad SMARTS) is 1. The summed E-state index contributed by atoms with van der Waals surface area (Å²) in [4.78, 5) is 22.5. The molecular weight excluding hydrogens is 338 g/mol. The highest BCUT2D eigenvalue weighted by Crippen LogP contribution is 2.50. The summed E-state index contributed by atoms with van der Waals surface area (Å²) in [5.41, 5.74) is -0.150. The Morgan fingerprint density at radius 2 is 2.00 bits per heavy atom. The van der Waals surface area contributed by atoms with Crippen LogP contribution in [0.5, 0.6) is 0 Å². The van der Waals surface area contributed by atoms with Crippen molar-refractivity contribution in [3.63, 3.8) is 0 Å². The van der Waals surface area contributed by atoms with E-state index in [2.05, 4.69) is 5.32 Å². The predicted molar refractivity (Wildman–Crippen MR) is 81.5 cm³/mol. The van der Waals surface area contributed by atoms with Crippen molar-refractivity contribution in [2.75, 3.05) is 23.0 Å². The summed E-state index contributed by atoms with van der Waals surface area (Å²) in [5.74, 6) is -0.436. The topological polar surface area (TPSA) is 101 Å². The number of carbonyl (C=O) groups is 2. The SMILES string of the molecule is O=C(O)CC1(CSCC(=O)NC2CS(=O)(=O)CC2Cl)CC1. The maximum Gasteiger partial charge on any atom is 0.303 e. The van der Waals surface area contributed by atoms with Gasteiger partial charge in [-0.2, -0.15) is 11.8 Å². The number of aliphatic carboxylic acids is 1. The molecule has 9 heteroatoms. The molecule has 2 aliphatic rings. The van der Waals surface area contributed by atoms with Crippen molar-refractivity contribution in [3.8, 4) is 0 Å². The zero-order valence-corrected chi connectivity index (χ0v) is 13.8. The van der Waals surface area contributed by atoms with Gasteiger partial charge in [0.1, 0.15) is 0 Å². The van der Waals surface area contributed by atoms with Gasteiger partial charge in [-0.25, -0.2) is 8.42 Å². The van der Waals surface area contributed by atoms with Crippen LogP contribution in [0.3, 0.4) is 0 Å². The highest BCUT2D eigenvalue weighted by Gasteiger charge is 2.44. The molecular formula is C12H18ClNO5S2. The molecule has 1 amide bonds. The maximum absolute atomic E-state index is 11.8. The van der Waals surface area contributed by atoms with E-state index >= 15 is 0 Å². The van der Waals surface area contributed by atoms with Crippen LogP contribution in [0.2, 0.25) is 0 Å². The average Bonchev–Trinajstić information content (AvgIpc) is 2.99. The molecule has 0 bridgehead atoms. The van der Waals surface area contributed by atoms with Gasteiger partial charge in [0.25, 0.3) is 0 Å². The molecule has 21 heavy (non-hydrogen) atoms. The molecule has 0 radical (unpaired) electrons. The minimum absolute atomic E-state index is 0.103. The Hall–Kier alpha value is -0.470. The van der Waals surface area contributed by atoms with Gasteiger partial charge in [-0.05, 0) is 24.0 Å². The monoisotopic (exact) mass is 355 g/mol. The van der Waals surface area contributed by atoms with Crippen molar-refractivity contribution in [2.45, 2.75) is 30.7 Å². The minimum Gasteiger partial charge on any atom is -0.481 e. The van der Waals surface area contributed by atoms with Gasteiger partial charge in [-0.15, -0.1) is 11.6 Å². The zero-order valence-electron chi connectivity index (χ0n) is 11.4. The Morgan fingerprint density at radius 1 is 1.33 bits per heavy atom. The third kappa shape index (κ3) is 5.03. The summed E-state index contributed by atoms with van der Waals surface area (Å²) in [6, 6.07) is -0.529. The van der Waals surface area contributed by atoms with Gasteiger partial charge in [0.05, 0.1) is 35.1 Å². The van der Waals surface area contributed by atoms with Crippen LogP contribution in [0.25, 0.3) is 0 Å². The second kappa shape index (κ2) is 6.34. The first-order chi connectivity index (χ1) is 9.71. The maximum atomic E-state index is 11.8. The summed E-state index contributed by atoms with van der Waals surface area (Å²) in [7, 11) is -3.16. The average molecular weight is 356 g/mol.